The fourth-order valence-corrected chi connectivity index (χ4v) is 3.63. The molecule has 2 atom stereocenters. The lowest BCUT2D eigenvalue weighted by molar-refractivity contribution is 0.523. The maximum atomic E-state index is 3.76. The predicted octanol–water partition coefficient (Wildman–Crippen LogP) is 3.51. The molecular weight excluding hydrogens is 232 g/mol. The van der Waals surface area contributed by atoms with Gasteiger partial charge in [0.25, 0.3) is 0 Å². The lowest BCUT2D eigenvalue weighted by Crippen LogP contribution is -2.29. The second kappa shape index (κ2) is 5.96. The molecule has 104 valence electrons. The minimum Gasteiger partial charge on any atom is -0.382 e. The highest BCUT2D eigenvalue weighted by atomic mass is 15.0. The molecule has 0 spiro atoms. The maximum Gasteiger partial charge on any atom is 0.0377 e. The number of anilines is 1. The Morgan fingerprint density at radius 3 is 3.00 bits per heavy atom. The molecule has 0 aromatic heterocycles. The number of rotatable bonds is 4. The molecule has 2 heteroatoms. The van der Waals surface area contributed by atoms with Crippen LogP contribution in [0.3, 0.4) is 0 Å². The number of benzene rings is 1. The topological polar surface area (TPSA) is 24.1 Å². The Labute approximate surface area is 117 Å². The third kappa shape index (κ3) is 3.11. The van der Waals surface area contributed by atoms with Crippen LogP contribution in [-0.4, -0.2) is 18.6 Å². The van der Waals surface area contributed by atoms with Crippen LogP contribution in [0.2, 0.25) is 0 Å². The van der Waals surface area contributed by atoms with Crippen LogP contribution in [0.1, 0.15) is 50.2 Å². The molecule has 19 heavy (non-hydrogen) atoms. The van der Waals surface area contributed by atoms with Crippen molar-refractivity contribution in [1.29, 1.82) is 0 Å². The zero-order valence-electron chi connectivity index (χ0n) is 12.0. The van der Waals surface area contributed by atoms with E-state index >= 15 is 0 Å². The van der Waals surface area contributed by atoms with Crippen LogP contribution in [0, 0.1) is 0 Å². The number of fused-ring (bicyclic) bond motifs is 1. The second-order valence-corrected chi connectivity index (χ2v) is 6.22. The van der Waals surface area contributed by atoms with Gasteiger partial charge in [-0.1, -0.05) is 12.1 Å². The second-order valence-electron chi connectivity index (χ2n) is 6.22. The van der Waals surface area contributed by atoms with Crippen molar-refractivity contribution in [1.82, 2.24) is 5.32 Å². The van der Waals surface area contributed by atoms with Gasteiger partial charge in [-0.2, -0.15) is 0 Å². The van der Waals surface area contributed by atoms with Gasteiger partial charge in [0.05, 0.1) is 0 Å². The first-order valence-corrected chi connectivity index (χ1v) is 7.93. The standard InChI is InChI=1S/C17H26N2/c1-13(12-15-8-5-11-18-15)19-17-10-4-7-14-6-2-3-9-16(14)17/h4,7,10,13,15,18-19H,2-3,5-6,8-9,11-12H2,1H3. The van der Waals surface area contributed by atoms with E-state index in [9.17, 15) is 0 Å². The molecule has 0 saturated carbocycles. The van der Waals surface area contributed by atoms with Crippen molar-refractivity contribution in [3.63, 3.8) is 0 Å². The molecule has 1 aromatic carbocycles. The van der Waals surface area contributed by atoms with E-state index in [0.29, 0.717) is 6.04 Å². The van der Waals surface area contributed by atoms with Crippen molar-refractivity contribution in [3.05, 3.63) is 29.3 Å². The van der Waals surface area contributed by atoms with Crippen molar-refractivity contribution in [3.8, 4) is 0 Å². The molecule has 0 radical (unpaired) electrons. The van der Waals surface area contributed by atoms with Crippen LogP contribution in [-0.2, 0) is 12.8 Å². The van der Waals surface area contributed by atoms with E-state index in [1.165, 1.54) is 57.2 Å². The first-order chi connectivity index (χ1) is 9.33. The highest BCUT2D eigenvalue weighted by molar-refractivity contribution is 5.56. The molecule has 1 aliphatic carbocycles. The average molecular weight is 258 g/mol. The van der Waals surface area contributed by atoms with Crippen LogP contribution in [0.5, 0.6) is 0 Å². The fraction of sp³-hybridized carbons (Fsp3) is 0.647. The summed E-state index contributed by atoms with van der Waals surface area (Å²) in [4.78, 5) is 0. The molecule has 1 saturated heterocycles. The van der Waals surface area contributed by atoms with Crippen molar-refractivity contribution in [2.75, 3.05) is 11.9 Å². The van der Waals surface area contributed by atoms with Crippen LogP contribution in [0.15, 0.2) is 18.2 Å². The van der Waals surface area contributed by atoms with Crippen molar-refractivity contribution >= 4 is 5.69 Å². The molecule has 0 bridgehead atoms. The number of aryl methyl sites for hydroxylation is 1. The first-order valence-electron chi connectivity index (χ1n) is 7.93. The molecule has 2 N–H and O–H groups in total. The van der Waals surface area contributed by atoms with Gasteiger partial charge in [0, 0.05) is 17.8 Å². The molecule has 1 heterocycles. The van der Waals surface area contributed by atoms with Crippen LogP contribution < -0.4 is 10.6 Å². The third-order valence-electron chi connectivity index (χ3n) is 4.60. The monoisotopic (exact) mass is 258 g/mol. The van der Waals surface area contributed by atoms with Gasteiger partial charge in [-0.15, -0.1) is 0 Å². The Morgan fingerprint density at radius 2 is 2.16 bits per heavy atom. The highest BCUT2D eigenvalue weighted by Gasteiger charge is 2.18. The van der Waals surface area contributed by atoms with Crippen LogP contribution in [0.4, 0.5) is 5.69 Å². The Morgan fingerprint density at radius 1 is 1.26 bits per heavy atom. The zero-order chi connectivity index (χ0) is 13.1. The summed E-state index contributed by atoms with van der Waals surface area (Å²) >= 11 is 0. The molecular formula is C17H26N2. The summed E-state index contributed by atoms with van der Waals surface area (Å²) in [7, 11) is 0. The molecule has 1 aromatic rings. The zero-order valence-corrected chi connectivity index (χ0v) is 12.0. The average Bonchev–Trinajstić information content (AvgIpc) is 2.92. The minimum atomic E-state index is 0.559. The summed E-state index contributed by atoms with van der Waals surface area (Å²) in [6.07, 6.45) is 9.17. The predicted molar refractivity (Wildman–Crippen MR) is 81.8 cm³/mol. The fourth-order valence-electron chi connectivity index (χ4n) is 3.63. The van der Waals surface area contributed by atoms with E-state index in [-0.39, 0.29) is 0 Å². The van der Waals surface area contributed by atoms with Gasteiger partial charge >= 0.3 is 0 Å². The molecule has 1 fully saturated rings. The Balaban J connectivity index is 1.65. The van der Waals surface area contributed by atoms with Crippen molar-refractivity contribution in [2.24, 2.45) is 0 Å². The van der Waals surface area contributed by atoms with Crippen LogP contribution >= 0.6 is 0 Å². The van der Waals surface area contributed by atoms with E-state index in [1.807, 2.05) is 0 Å². The van der Waals surface area contributed by atoms with Gasteiger partial charge in [-0.25, -0.2) is 0 Å². The lowest BCUT2D eigenvalue weighted by Gasteiger charge is -2.24. The van der Waals surface area contributed by atoms with Gasteiger partial charge in [-0.3, -0.25) is 0 Å². The maximum absolute atomic E-state index is 3.76. The van der Waals surface area contributed by atoms with Gasteiger partial charge in [-0.05, 0) is 75.6 Å². The number of nitrogens with one attached hydrogen (secondary N) is 2. The van der Waals surface area contributed by atoms with Crippen molar-refractivity contribution < 1.29 is 0 Å². The molecule has 3 rings (SSSR count). The largest absolute Gasteiger partial charge is 0.382 e. The third-order valence-corrected chi connectivity index (χ3v) is 4.60. The van der Waals surface area contributed by atoms with E-state index in [0.717, 1.165) is 6.04 Å². The summed E-state index contributed by atoms with van der Waals surface area (Å²) in [5, 5.41) is 7.35. The summed E-state index contributed by atoms with van der Waals surface area (Å²) < 4.78 is 0. The normalized spacial score (nSPS) is 23.9. The first kappa shape index (κ1) is 13.0. The Bertz CT molecular complexity index is 421. The van der Waals surface area contributed by atoms with Crippen molar-refractivity contribution in [2.45, 2.75) is 64.0 Å². The van der Waals surface area contributed by atoms with Gasteiger partial charge in [0.2, 0.25) is 0 Å². The number of hydrogen-bond donors (Lipinski definition) is 2. The SMILES string of the molecule is CC(CC1CCCN1)Nc1cccc2c1CCCC2. The summed E-state index contributed by atoms with van der Waals surface area (Å²) in [5.41, 5.74) is 4.55. The van der Waals surface area contributed by atoms with E-state index < -0.39 is 0 Å². The van der Waals surface area contributed by atoms with Crippen LogP contribution in [0.25, 0.3) is 0 Å². The molecule has 1 aliphatic heterocycles. The minimum absolute atomic E-state index is 0.559. The quantitative estimate of drug-likeness (QED) is 0.863. The Kier molecular flexibility index (Phi) is 4.07. The van der Waals surface area contributed by atoms with Gasteiger partial charge in [0.15, 0.2) is 0 Å². The smallest absolute Gasteiger partial charge is 0.0377 e. The lowest BCUT2D eigenvalue weighted by atomic mass is 9.90. The summed E-state index contributed by atoms with van der Waals surface area (Å²) in [6.45, 7) is 3.53. The molecule has 2 nitrogen and oxygen atoms in total. The summed E-state index contributed by atoms with van der Waals surface area (Å²) in [5.74, 6) is 0. The number of hydrogen-bond acceptors (Lipinski definition) is 2. The van der Waals surface area contributed by atoms with Gasteiger partial charge in [0.1, 0.15) is 0 Å². The van der Waals surface area contributed by atoms with E-state index in [1.54, 1.807) is 11.1 Å². The summed E-state index contributed by atoms with van der Waals surface area (Å²) in [6, 6.07) is 8.07. The Hall–Kier alpha value is -1.02. The van der Waals surface area contributed by atoms with Gasteiger partial charge < -0.3 is 10.6 Å². The highest BCUT2D eigenvalue weighted by Crippen LogP contribution is 2.28. The van der Waals surface area contributed by atoms with E-state index in [2.05, 4.69) is 35.8 Å². The molecule has 2 aliphatic rings. The van der Waals surface area contributed by atoms with E-state index in [4.69, 9.17) is 0 Å². The molecule has 0 amide bonds. The molecule has 2 unspecified atom stereocenters.